The number of hydrogen-bond donors (Lipinski definition) is 0. The van der Waals surface area contributed by atoms with Crippen molar-refractivity contribution in [1.82, 2.24) is 4.90 Å². The van der Waals surface area contributed by atoms with Crippen molar-refractivity contribution in [3.8, 4) is 0 Å². The van der Waals surface area contributed by atoms with E-state index >= 15 is 0 Å². The van der Waals surface area contributed by atoms with Crippen molar-refractivity contribution in [2.45, 2.75) is 68.2 Å². The van der Waals surface area contributed by atoms with Crippen molar-refractivity contribution in [3.63, 3.8) is 0 Å². The van der Waals surface area contributed by atoms with Crippen molar-refractivity contribution in [2.75, 3.05) is 32.8 Å². The molecule has 0 aliphatic heterocycles. The maximum absolute atomic E-state index is 12.5. The van der Waals surface area contributed by atoms with Gasteiger partial charge in [-0.1, -0.05) is 48.5 Å². The first-order valence-corrected chi connectivity index (χ1v) is 9.55. The van der Waals surface area contributed by atoms with Crippen molar-refractivity contribution in [2.24, 2.45) is 16.7 Å². The lowest BCUT2D eigenvalue weighted by molar-refractivity contribution is -0.161. The topological polar surface area (TPSA) is 55.8 Å². The molecular weight excluding hydrogens is 318 g/mol. The molecule has 148 valence electrons. The van der Waals surface area contributed by atoms with E-state index in [2.05, 4.69) is 18.7 Å². The van der Waals surface area contributed by atoms with Crippen molar-refractivity contribution < 1.29 is 19.1 Å². The Kier molecular flexibility index (Phi) is 10.3. The fourth-order valence-electron chi connectivity index (χ4n) is 2.54. The van der Waals surface area contributed by atoms with Gasteiger partial charge in [-0.25, -0.2) is 0 Å². The summed E-state index contributed by atoms with van der Waals surface area (Å²) in [5.41, 5.74) is -0.734. The Morgan fingerprint density at radius 2 is 1.56 bits per heavy atom. The highest BCUT2D eigenvalue weighted by Gasteiger charge is 2.37. The van der Waals surface area contributed by atoms with E-state index in [0.717, 1.165) is 19.6 Å². The second-order valence-electron chi connectivity index (χ2n) is 8.35. The molecule has 0 N–H and O–H groups in total. The minimum Gasteiger partial charge on any atom is -0.465 e. The average Bonchev–Trinajstić information content (AvgIpc) is 2.55. The summed E-state index contributed by atoms with van der Waals surface area (Å²) < 4.78 is 10.9. The standard InChI is InChI=1S/C20H39NO4/c1-9-20(8,18(23)25-15-19(5,6)7)14-16(4)17(22)24-13-12-21(10-2)11-3/h16H,9-15H2,1-8H3. The summed E-state index contributed by atoms with van der Waals surface area (Å²) in [6.45, 7) is 19.3. The Bertz CT molecular complexity index is 412. The van der Waals surface area contributed by atoms with Crippen molar-refractivity contribution >= 4 is 11.9 Å². The van der Waals surface area contributed by atoms with E-state index in [-0.39, 0.29) is 23.3 Å². The molecule has 0 aromatic heterocycles. The van der Waals surface area contributed by atoms with Crippen LogP contribution in [0, 0.1) is 16.7 Å². The summed E-state index contributed by atoms with van der Waals surface area (Å²) in [5, 5.41) is 0. The zero-order chi connectivity index (χ0) is 19.7. The van der Waals surface area contributed by atoms with Gasteiger partial charge in [0.05, 0.1) is 17.9 Å². The Morgan fingerprint density at radius 1 is 1.00 bits per heavy atom. The highest BCUT2D eigenvalue weighted by molar-refractivity contribution is 5.78. The predicted octanol–water partition coefficient (Wildman–Crippen LogP) is 3.90. The Morgan fingerprint density at radius 3 is 2.00 bits per heavy atom. The summed E-state index contributed by atoms with van der Waals surface area (Å²) in [4.78, 5) is 26.9. The quantitative estimate of drug-likeness (QED) is 0.525. The molecule has 25 heavy (non-hydrogen) atoms. The molecule has 0 radical (unpaired) electrons. The van der Waals surface area contributed by atoms with E-state index in [1.165, 1.54) is 0 Å². The molecule has 0 fully saturated rings. The third kappa shape index (κ3) is 9.24. The minimum absolute atomic E-state index is 0.0702. The predicted molar refractivity (Wildman–Crippen MR) is 101 cm³/mol. The zero-order valence-corrected chi connectivity index (χ0v) is 17.6. The lowest BCUT2D eigenvalue weighted by Crippen LogP contribution is -2.35. The molecule has 0 amide bonds. The first-order valence-electron chi connectivity index (χ1n) is 9.55. The van der Waals surface area contributed by atoms with E-state index in [1.54, 1.807) is 0 Å². The van der Waals surface area contributed by atoms with Gasteiger partial charge in [0.15, 0.2) is 0 Å². The molecule has 0 aromatic rings. The van der Waals surface area contributed by atoms with Crippen LogP contribution < -0.4 is 0 Å². The number of nitrogens with zero attached hydrogens (tertiary/aromatic N) is 1. The van der Waals surface area contributed by atoms with E-state index in [0.29, 0.717) is 26.1 Å². The van der Waals surface area contributed by atoms with Crippen LogP contribution in [0.5, 0.6) is 0 Å². The third-order valence-electron chi connectivity index (χ3n) is 4.61. The molecule has 0 aromatic carbocycles. The van der Waals surface area contributed by atoms with E-state index in [4.69, 9.17) is 9.47 Å². The summed E-state index contributed by atoms with van der Waals surface area (Å²) in [5.74, 6) is -0.799. The lowest BCUT2D eigenvalue weighted by atomic mass is 9.79. The smallest absolute Gasteiger partial charge is 0.311 e. The molecule has 0 spiro atoms. The lowest BCUT2D eigenvalue weighted by Gasteiger charge is -2.30. The largest absolute Gasteiger partial charge is 0.465 e. The summed E-state index contributed by atoms with van der Waals surface area (Å²) in [7, 11) is 0. The normalized spacial score (nSPS) is 15.6. The highest BCUT2D eigenvalue weighted by Crippen LogP contribution is 2.32. The second-order valence-corrected chi connectivity index (χ2v) is 8.35. The van der Waals surface area contributed by atoms with Crippen LogP contribution in [0.25, 0.3) is 0 Å². The summed E-state index contributed by atoms with van der Waals surface area (Å²) in [6.07, 6.45) is 1.07. The molecule has 0 aliphatic rings. The molecule has 2 atom stereocenters. The molecule has 0 saturated heterocycles. The number of likely N-dealkylation sites (N-methyl/N-ethyl adjacent to an activating group) is 1. The summed E-state index contributed by atoms with van der Waals surface area (Å²) >= 11 is 0. The van der Waals surface area contributed by atoms with Gasteiger partial charge >= 0.3 is 11.9 Å². The molecule has 0 heterocycles. The molecule has 0 aliphatic carbocycles. The van der Waals surface area contributed by atoms with E-state index < -0.39 is 5.41 Å². The van der Waals surface area contributed by atoms with E-state index in [9.17, 15) is 9.59 Å². The number of carbonyl (C=O) groups excluding carboxylic acids is 2. The van der Waals surface area contributed by atoms with Crippen LogP contribution in [0.2, 0.25) is 0 Å². The number of hydrogen-bond acceptors (Lipinski definition) is 5. The number of ether oxygens (including phenoxy) is 2. The molecule has 0 rings (SSSR count). The first kappa shape index (κ1) is 23.9. The van der Waals surface area contributed by atoms with Crippen LogP contribution in [0.3, 0.4) is 0 Å². The van der Waals surface area contributed by atoms with Crippen molar-refractivity contribution in [1.29, 1.82) is 0 Å². The number of carbonyl (C=O) groups is 2. The number of rotatable bonds is 11. The number of esters is 2. The third-order valence-corrected chi connectivity index (χ3v) is 4.61. The summed E-state index contributed by atoms with van der Waals surface area (Å²) in [6, 6.07) is 0. The van der Waals surface area contributed by atoms with Crippen LogP contribution >= 0.6 is 0 Å². The van der Waals surface area contributed by atoms with E-state index in [1.807, 2.05) is 41.5 Å². The van der Waals surface area contributed by atoms with Gasteiger partial charge in [-0.05, 0) is 38.3 Å². The maximum atomic E-state index is 12.5. The van der Waals surface area contributed by atoms with Crippen LogP contribution in [0.1, 0.15) is 68.2 Å². The average molecular weight is 358 g/mol. The van der Waals surface area contributed by atoms with Crippen LogP contribution in [-0.2, 0) is 19.1 Å². The van der Waals surface area contributed by atoms with Gasteiger partial charge in [0, 0.05) is 6.54 Å². The fourth-order valence-corrected chi connectivity index (χ4v) is 2.54. The van der Waals surface area contributed by atoms with Gasteiger partial charge < -0.3 is 14.4 Å². The monoisotopic (exact) mass is 357 g/mol. The first-order chi connectivity index (χ1) is 11.5. The zero-order valence-electron chi connectivity index (χ0n) is 17.6. The minimum atomic E-state index is -0.664. The molecule has 5 nitrogen and oxygen atoms in total. The Balaban J connectivity index is 4.56. The van der Waals surface area contributed by atoms with Gasteiger partial charge in [-0.15, -0.1) is 0 Å². The Hall–Kier alpha value is -1.10. The molecule has 0 saturated carbocycles. The molecule has 0 bridgehead atoms. The van der Waals surface area contributed by atoms with Gasteiger partial charge in [0.1, 0.15) is 6.61 Å². The van der Waals surface area contributed by atoms with Crippen LogP contribution in [0.4, 0.5) is 0 Å². The van der Waals surface area contributed by atoms with Gasteiger partial charge in [0.2, 0.25) is 0 Å². The SMILES string of the molecule is CCN(CC)CCOC(=O)C(C)CC(C)(CC)C(=O)OCC(C)(C)C. The van der Waals surface area contributed by atoms with Gasteiger partial charge in [-0.2, -0.15) is 0 Å². The second kappa shape index (κ2) is 10.8. The fraction of sp³-hybridized carbons (Fsp3) is 0.900. The maximum Gasteiger partial charge on any atom is 0.311 e. The molecule has 5 heteroatoms. The van der Waals surface area contributed by atoms with Crippen LogP contribution in [-0.4, -0.2) is 49.7 Å². The van der Waals surface area contributed by atoms with Crippen LogP contribution in [0.15, 0.2) is 0 Å². The molecule has 2 unspecified atom stereocenters. The van der Waals surface area contributed by atoms with Gasteiger partial charge in [0.25, 0.3) is 0 Å². The highest BCUT2D eigenvalue weighted by atomic mass is 16.5. The van der Waals surface area contributed by atoms with Gasteiger partial charge in [-0.3, -0.25) is 9.59 Å². The van der Waals surface area contributed by atoms with Crippen molar-refractivity contribution in [3.05, 3.63) is 0 Å². The Labute approximate surface area is 154 Å². The molecular formula is C20H39NO4.